The molecule has 0 bridgehead atoms. The Morgan fingerprint density at radius 3 is 1.94 bits per heavy atom. The van der Waals surface area contributed by atoms with Crippen molar-refractivity contribution in [1.82, 2.24) is 15.0 Å². The van der Waals surface area contributed by atoms with E-state index in [0.29, 0.717) is 28.3 Å². The third-order valence-corrected chi connectivity index (χ3v) is 5.55. The first kappa shape index (κ1) is 20.1. The van der Waals surface area contributed by atoms with Gasteiger partial charge in [-0.2, -0.15) is 0 Å². The predicted octanol–water partition coefficient (Wildman–Crippen LogP) is 6.02. The van der Waals surface area contributed by atoms with Crippen molar-refractivity contribution in [2.45, 2.75) is 6.92 Å². The van der Waals surface area contributed by atoms with E-state index in [1.165, 1.54) is 24.3 Å². The fourth-order valence-electron chi connectivity index (χ4n) is 3.98. The van der Waals surface area contributed by atoms with E-state index in [4.69, 9.17) is 4.98 Å². The SMILES string of the molecule is Cc1[nH]c2ccccc2c1-c1nc(-c2ccc([N+](=O)[O-])cc2)c(-c2ccc([N+](=O)[O-])cc2)[nH]1. The van der Waals surface area contributed by atoms with Crippen LogP contribution in [0.15, 0.2) is 72.8 Å². The van der Waals surface area contributed by atoms with Gasteiger partial charge in [-0.1, -0.05) is 18.2 Å². The molecule has 9 nitrogen and oxygen atoms in total. The fourth-order valence-corrected chi connectivity index (χ4v) is 3.98. The molecule has 0 aliphatic heterocycles. The molecule has 0 spiro atoms. The summed E-state index contributed by atoms with van der Waals surface area (Å²) in [6.07, 6.45) is 0. The molecular formula is C24H17N5O4. The van der Waals surface area contributed by atoms with Crippen LogP contribution in [0.3, 0.4) is 0 Å². The molecular weight excluding hydrogens is 422 g/mol. The largest absolute Gasteiger partial charge is 0.358 e. The monoisotopic (exact) mass is 439 g/mol. The van der Waals surface area contributed by atoms with Crippen LogP contribution in [0.25, 0.3) is 44.8 Å². The van der Waals surface area contributed by atoms with Gasteiger partial charge in [-0.05, 0) is 37.3 Å². The number of H-pyrrole nitrogens is 2. The van der Waals surface area contributed by atoms with Crippen molar-refractivity contribution in [2.75, 3.05) is 0 Å². The highest BCUT2D eigenvalue weighted by Gasteiger charge is 2.20. The minimum absolute atomic E-state index is 0.0113. The Morgan fingerprint density at radius 1 is 0.758 bits per heavy atom. The fraction of sp³-hybridized carbons (Fsp3) is 0.0417. The summed E-state index contributed by atoms with van der Waals surface area (Å²) in [6, 6.07) is 20.3. The van der Waals surface area contributed by atoms with Crippen LogP contribution in [0, 0.1) is 27.2 Å². The van der Waals surface area contributed by atoms with Crippen LogP contribution in [0.4, 0.5) is 11.4 Å². The Labute approximate surface area is 187 Å². The van der Waals surface area contributed by atoms with Crippen molar-refractivity contribution < 1.29 is 9.85 Å². The van der Waals surface area contributed by atoms with Gasteiger partial charge in [0.05, 0.1) is 21.2 Å². The van der Waals surface area contributed by atoms with Gasteiger partial charge in [0, 0.05) is 57.6 Å². The number of imidazole rings is 1. The second-order valence-electron chi connectivity index (χ2n) is 7.59. The maximum Gasteiger partial charge on any atom is 0.269 e. The number of hydrogen-bond donors (Lipinski definition) is 2. The van der Waals surface area contributed by atoms with E-state index in [0.717, 1.165) is 22.2 Å². The third-order valence-electron chi connectivity index (χ3n) is 5.55. The molecule has 162 valence electrons. The minimum Gasteiger partial charge on any atom is -0.358 e. The lowest BCUT2D eigenvalue weighted by Gasteiger charge is -2.03. The first-order valence-electron chi connectivity index (χ1n) is 10.1. The summed E-state index contributed by atoms with van der Waals surface area (Å²) in [4.78, 5) is 32.9. The summed E-state index contributed by atoms with van der Waals surface area (Å²) in [7, 11) is 0. The maximum absolute atomic E-state index is 11.1. The number of non-ortho nitro benzene ring substituents is 2. The quantitative estimate of drug-likeness (QED) is 0.255. The zero-order valence-corrected chi connectivity index (χ0v) is 17.4. The van der Waals surface area contributed by atoms with E-state index in [1.54, 1.807) is 24.3 Å². The molecule has 0 amide bonds. The number of benzene rings is 3. The zero-order valence-electron chi connectivity index (χ0n) is 17.4. The molecule has 0 saturated heterocycles. The predicted molar refractivity (Wildman–Crippen MR) is 125 cm³/mol. The highest BCUT2D eigenvalue weighted by atomic mass is 16.6. The third kappa shape index (κ3) is 3.51. The van der Waals surface area contributed by atoms with Crippen LogP contribution in [-0.4, -0.2) is 24.8 Å². The molecule has 0 saturated carbocycles. The number of nitro benzene ring substituents is 2. The number of nitro groups is 2. The van der Waals surface area contributed by atoms with Gasteiger partial charge >= 0.3 is 0 Å². The van der Waals surface area contributed by atoms with E-state index in [9.17, 15) is 20.2 Å². The van der Waals surface area contributed by atoms with E-state index >= 15 is 0 Å². The van der Waals surface area contributed by atoms with Crippen LogP contribution < -0.4 is 0 Å². The van der Waals surface area contributed by atoms with Crippen molar-refractivity contribution in [1.29, 1.82) is 0 Å². The standard InChI is InChI=1S/C24H17N5O4/c1-14-21(19-4-2-3-5-20(19)25-14)24-26-22(15-6-10-17(11-7-15)28(30)31)23(27-24)16-8-12-18(13-9-16)29(32)33/h2-13,25H,1H3,(H,26,27). The van der Waals surface area contributed by atoms with Gasteiger partial charge in [0.15, 0.2) is 0 Å². The summed E-state index contributed by atoms with van der Waals surface area (Å²) < 4.78 is 0. The van der Waals surface area contributed by atoms with Crippen LogP contribution in [-0.2, 0) is 0 Å². The second-order valence-corrected chi connectivity index (χ2v) is 7.59. The van der Waals surface area contributed by atoms with Gasteiger partial charge in [-0.25, -0.2) is 4.98 Å². The molecule has 9 heteroatoms. The van der Waals surface area contributed by atoms with E-state index in [2.05, 4.69) is 9.97 Å². The molecule has 0 unspecified atom stereocenters. The number of fused-ring (bicyclic) bond motifs is 1. The van der Waals surface area contributed by atoms with Crippen LogP contribution in [0.2, 0.25) is 0 Å². The lowest BCUT2D eigenvalue weighted by molar-refractivity contribution is -0.385. The molecule has 2 heterocycles. The molecule has 33 heavy (non-hydrogen) atoms. The number of rotatable bonds is 5. The van der Waals surface area contributed by atoms with Gasteiger partial charge in [-0.3, -0.25) is 20.2 Å². The number of aryl methyl sites for hydroxylation is 1. The molecule has 0 radical (unpaired) electrons. The number of aromatic nitrogens is 3. The summed E-state index contributed by atoms with van der Waals surface area (Å²) in [5.41, 5.74) is 5.48. The van der Waals surface area contributed by atoms with Crippen LogP contribution in [0.1, 0.15) is 5.69 Å². The highest BCUT2D eigenvalue weighted by Crippen LogP contribution is 2.37. The van der Waals surface area contributed by atoms with Gasteiger partial charge in [-0.15, -0.1) is 0 Å². The summed E-state index contributed by atoms with van der Waals surface area (Å²) in [6.45, 7) is 1.97. The van der Waals surface area contributed by atoms with Crippen molar-refractivity contribution >= 4 is 22.3 Å². The Hall–Kier alpha value is -4.79. The summed E-state index contributed by atoms with van der Waals surface area (Å²) in [5.74, 6) is 0.631. The summed E-state index contributed by atoms with van der Waals surface area (Å²) in [5, 5.41) is 23.2. The second kappa shape index (κ2) is 7.72. The Bertz CT molecular complexity index is 1440. The number of para-hydroxylation sites is 1. The van der Waals surface area contributed by atoms with Crippen LogP contribution in [0.5, 0.6) is 0 Å². The first-order valence-corrected chi connectivity index (χ1v) is 10.1. The van der Waals surface area contributed by atoms with Gasteiger partial charge in [0.25, 0.3) is 11.4 Å². The van der Waals surface area contributed by atoms with Crippen LogP contribution >= 0.6 is 0 Å². The van der Waals surface area contributed by atoms with Gasteiger partial charge in [0.1, 0.15) is 5.82 Å². The normalized spacial score (nSPS) is 11.1. The van der Waals surface area contributed by atoms with E-state index in [-0.39, 0.29) is 11.4 Å². The lowest BCUT2D eigenvalue weighted by Crippen LogP contribution is -1.89. The molecule has 5 rings (SSSR count). The molecule has 0 aliphatic rings. The van der Waals surface area contributed by atoms with Crippen molar-refractivity contribution in [3.8, 4) is 33.9 Å². The molecule has 0 fully saturated rings. The number of nitrogens with one attached hydrogen (secondary N) is 2. The molecule has 5 aromatic rings. The average Bonchev–Trinajstić information content (AvgIpc) is 3.39. The lowest BCUT2D eigenvalue weighted by atomic mass is 10.0. The van der Waals surface area contributed by atoms with Crippen molar-refractivity contribution in [2.24, 2.45) is 0 Å². The molecule has 0 aliphatic carbocycles. The molecule has 2 aromatic heterocycles. The highest BCUT2D eigenvalue weighted by molar-refractivity contribution is 5.97. The summed E-state index contributed by atoms with van der Waals surface area (Å²) >= 11 is 0. The molecule has 2 N–H and O–H groups in total. The zero-order chi connectivity index (χ0) is 23.1. The first-order chi connectivity index (χ1) is 15.9. The maximum atomic E-state index is 11.1. The topological polar surface area (TPSA) is 131 Å². The Balaban J connectivity index is 1.71. The van der Waals surface area contributed by atoms with Gasteiger partial charge in [0.2, 0.25) is 0 Å². The number of nitrogens with zero attached hydrogens (tertiary/aromatic N) is 3. The average molecular weight is 439 g/mol. The Kier molecular flexibility index (Phi) is 4.71. The van der Waals surface area contributed by atoms with Crippen molar-refractivity contribution in [3.05, 3.63) is 98.7 Å². The van der Waals surface area contributed by atoms with Gasteiger partial charge < -0.3 is 9.97 Å². The van der Waals surface area contributed by atoms with E-state index in [1.807, 2.05) is 31.2 Å². The van der Waals surface area contributed by atoms with E-state index < -0.39 is 9.85 Å². The molecule has 3 aromatic carbocycles. The Morgan fingerprint density at radius 2 is 1.33 bits per heavy atom. The van der Waals surface area contributed by atoms with Crippen molar-refractivity contribution in [3.63, 3.8) is 0 Å². The molecule has 0 atom stereocenters. The number of aromatic amines is 2. The number of hydrogen-bond acceptors (Lipinski definition) is 5. The minimum atomic E-state index is -0.452. The smallest absolute Gasteiger partial charge is 0.269 e.